The molecule has 0 saturated carbocycles. The normalized spacial score (nSPS) is 11.2. The summed E-state index contributed by atoms with van der Waals surface area (Å²) in [7, 11) is -3.49. The predicted molar refractivity (Wildman–Crippen MR) is 94.0 cm³/mol. The van der Waals surface area contributed by atoms with Crippen LogP contribution in [0.25, 0.3) is 0 Å². The number of carbonyl (C=O) groups is 1. The molecule has 0 unspecified atom stereocenters. The van der Waals surface area contributed by atoms with Gasteiger partial charge >= 0.3 is 0 Å². The number of amides is 1. The second-order valence-corrected chi connectivity index (χ2v) is 7.57. The molecule has 2 N–H and O–H groups in total. The van der Waals surface area contributed by atoms with Gasteiger partial charge in [-0.1, -0.05) is 22.9 Å². The molecule has 23 heavy (non-hydrogen) atoms. The average Bonchev–Trinajstić information content (AvgIpc) is 2.54. The first-order valence-electron chi connectivity index (χ1n) is 7.09. The van der Waals surface area contributed by atoms with Crippen molar-refractivity contribution in [2.75, 3.05) is 11.9 Å². The fourth-order valence-electron chi connectivity index (χ4n) is 1.84. The lowest BCUT2D eigenvalue weighted by Crippen LogP contribution is -2.24. The summed E-state index contributed by atoms with van der Waals surface area (Å²) in [5, 5.41) is 2.73. The first-order valence-corrected chi connectivity index (χ1v) is 9.36. The summed E-state index contributed by atoms with van der Waals surface area (Å²) < 4.78 is 27.3. The third-order valence-electron chi connectivity index (χ3n) is 3.07. The summed E-state index contributed by atoms with van der Waals surface area (Å²) in [5.74, 6) is -0.253. The van der Waals surface area contributed by atoms with Crippen molar-refractivity contribution < 1.29 is 13.2 Å². The Balaban J connectivity index is 2.08. The molecule has 0 aliphatic rings. The van der Waals surface area contributed by atoms with E-state index in [1.54, 1.807) is 36.4 Å². The van der Waals surface area contributed by atoms with E-state index in [2.05, 4.69) is 26.0 Å². The molecule has 2 rings (SSSR count). The molecule has 0 aliphatic heterocycles. The van der Waals surface area contributed by atoms with Crippen LogP contribution < -0.4 is 10.0 Å². The summed E-state index contributed by atoms with van der Waals surface area (Å²) in [6.45, 7) is 2.29. The fourth-order valence-corrected chi connectivity index (χ4v) is 3.24. The summed E-state index contributed by atoms with van der Waals surface area (Å²) in [4.78, 5) is 12.3. The molecule has 0 aromatic heterocycles. The maximum atomic E-state index is 12.1. The van der Waals surface area contributed by atoms with Gasteiger partial charge in [0.25, 0.3) is 5.91 Å². The highest BCUT2D eigenvalue weighted by Gasteiger charge is 2.13. The van der Waals surface area contributed by atoms with Crippen LogP contribution >= 0.6 is 15.9 Å². The molecule has 122 valence electrons. The van der Waals surface area contributed by atoms with Crippen LogP contribution in [0.4, 0.5) is 5.69 Å². The monoisotopic (exact) mass is 396 g/mol. The molecule has 0 saturated heterocycles. The van der Waals surface area contributed by atoms with Crippen LogP contribution in [0.15, 0.2) is 57.9 Å². The van der Waals surface area contributed by atoms with Gasteiger partial charge in [-0.2, -0.15) is 0 Å². The molecule has 7 heteroatoms. The number of hydrogen-bond acceptors (Lipinski definition) is 3. The van der Waals surface area contributed by atoms with Crippen molar-refractivity contribution in [1.82, 2.24) is 4.72 Å². The molecule has 2 aromatic carbocycles. The van der Waals surface area contributed by atoms with Crippen molar-refractivity contribution in [2.24, 2.45) is 0 Å². The maximum Gasteiger partial charge on any atom is 0.255 e. The van der Waals surface area contributed by atoms with E-state index in [0.29, 0.717) is 17.8 Å². The highest BCUT2D eigenvalue weighted by atomic mass is 79.9. The van der Waals surface area contributed by atoms with Crippen molar-refractivity contribution in [3.8, 4) is 0 Å². The lowest BCUT2D eigenvalue weighted by atomic mass is 10.2. The molecule has 0 heterocycles. The minimum absolute atomic E-state index is 0.174. The van der Waals surface area contributed by atoms with Crippen molar-refractivity contribution in [3.05, 3.63) is 58.6 Å². The van der Waals surface area contributed by atoms with Crippen LogP contribution in [0.3, 0.4) is 0 Å². The van der Waals surface area contributed by atoms with Gasteiger partial charge in [-0.15, -0.1) is 0 Å². The molecule has 0 fully saturated rings. The van der Waals surface area contributed by atoms with E-state index in [0.717, 1.165) is 10.9 Å². The van der Waals surface area contributed by atoms with Crippen molar-refractivity contribution in [1.29, 1.82) is 0 Å². The second kappa shape index (κ2) is 7.72. The lowest BCUT2D eigenvalue weighted by molar-refractivity contribution is 0.102. The molecule has 1 amide bonds. The second-order valence-electron chi connectivity index (χ2n) is 4.88. The molecule has 0 aliphatic carbocycles. The summed E-state index contributed by atoms with van der Waals surface area (Å²) in [5.41, 5.74) is 1.06. The summed E-state index contributed by atoms with van der Waals surface area (Å²) in [6, 6.07) is 13.0. The van der Waals surface area contributed by atoms with Crippen molar-refractivity contribution in [2.45, 2.75) is 18.2 Å². The zero-order valence-corrected chi connectivity index (χ0v) is 14.9. The molecule has 2 aromatic rings. The predicted octanol–water partition coefficient (Wildman–Crippen LogP) is 3.39. The zero-order chi connectivity index (χ0) is 16.9. The smallest absolute Gasteiger partial charge is 0.255 e. The summed E-state index contributed by atoms with van der Waals surface area (Å²) in [6.07, 6.45) is 0.723. The fraction of sp³-hybridized carbons (Fsp3) is 0.188. The van der Waals surface area contributed by atoms with Gasteiger partial charge in [0.05, 0.1) is 4.90 Å². The first kappa shape index (κ1) is 17.7. The van der Waals surface area contributed by atoms with Gasteiger partial charge in [0.15, 0.2) is 0 Å². The standard InChI is InChI=1S/C16H17BrN2O3S/c1-2-11-18-23(21,22)15-9-7-14(8-10-15)19-16(20)12-3-5-13(17)6-4-12/h3-10,18H,2,11H2,1H3,(H,19,20). The molecular weight excluding hydrogens is 380 g/mol. The van der Waals surface area contributed by atoms with Crippen molar-refractivity contribution in [3.63, 3.8) is 0 Å². The van der Waals surface area contributed by atoms with E-state index >= 15 is 0 Å². The van der Waals surface area contributed by atoms with Gasteiger partial charge in [-0.25, -0.2) is 13.1 Å². The molecule has 0 radical (unpaired) electrons. The first-order chi connectivity index (χ1) is 10.9. The number of nitrogens with one attached hydrogen (secondary N) is 2. The summed E-state index contributed by atoms with van der Waals surface area (Å²) >= 11 is 3.31. The Kier molecular flexibility index (Phi) is 5.92. The third kappa shape index (κ3) is 4.89. The van der Waals surface area contributed by atoms with Crippen LogP contribution in [0.1, 0.15) is 23.7 Å². The number of benzene rings is 2. The Morgan fingerprint density at radius 1 is 1.04 bits per heavy atom. The molecule has 0 bridgehead atoms. The number of halogens is 1. The Hall–Kier alpha value is -1.70. The highest BCUT2D eigenvalue weighted by Crippen LogP contribution is 2.16. The van der Waals surface area contributed by atoms with E-state index in [1.165, 1.54) is 12.1 Å². The van der Waals surface area contributed by atoms with Crippen LogP contribution in [0, 0.1) is 0 Å². The SMILES string of the molecule is CCCNS(=O)(=O)c1ccc(NC(=O)c2ccc(Br)cc2)cc1. The Bertz CT molecular complexity index is 772. The van der Waals surface area contributed by atoms with Gasteiger partial charge in [0.2, 0.25) is 10.0 Å². The van der Waals surface area contributed by atoms with E-state index < -0.39 is 10.0 Å². The highest BCUT2D eigenvalue weighted by molar-refractivity contribution is 9.10. The number of sulfonamides is 1. The average molecular weight is 397 g/mol. The van der Waals surface area contributed by atoms with Gasteiger partial charge < -0.3 is 5.32 Å². The Morgan fingerprint density at radius 2 is 1.65 bits per heavy atom. The van der Waals surface area contributed by atoms with E-state index in [-0.39, 0.29) is 10.8 Å². The number of rotatable bonds is 6. The lowest BCUT2D eigenvalue weighted by Gasteiger charge is -2.08. The molecule has 0 spiro atoms. The van der Waals surface area contributed by atoms with Gasteiger partial charge in [0, 0.05) is 22.3 Å². The Morgan fingerprint density at radius 3 is 2.22 bits per heavy atom. The van der Waals surface area contributed by atoms with E-state index in [1.807, 2.05) is 6.92 Å². The van der Waals surface area contributed by atoms with E-state index in [4.69, 9.17) is 0 Å². The van der Waals surface area contributed by atoms with Crippen LogP contribution in [0.5, 0.6) is 0 Å². The third-order valence-corrected chi connectivity index (χ3v) is 5.08. The minimum atomic E-state index is -3.49. The zero-order valence-electron chi connectivity index (χ0n) is 12.5. The Labute approximate surface area is 144 Å². The molecule has 0 atom stereocenters. The van der Waals surface area contributed by atoms with Gasteiger partial charge in [-0.05, 0) is 55.0 Å². The van der Waals surface area contributed by atoms with Crippen LogP contribution in [0.2, 0.25) is 0 Å². The van der Waals surface area contributed by atoms with Crippen molar-refractivity contribution >= 4 is 37.5 Å². The number of carbonyl (C=O) groups excluding carboxylic acids is 1. The number of hydrogen-bond donors (Lipinski definition) is 2. The molecular formula is C16H17BrN2O3S. The van der Waals surface area contributed by atoms with Crippen LogP contribution in [-0.4, -0.2) is 20.9 Å². The topological polar surface area (TPSA) is 75.3 Å². The van der Waals surface area contributed by atoms with Crippen LogP contribution in [-0.2, 0) is 10.0 Å². The molecule has 5 nitrogen and oxygen atoms in total. The largest absolute Gasteiger partial charge is 0.322 e. The quantitative estimate of drug-likeness (QED) is 0.785. The minimum Gasteiger partial charge on any atom is -0.322 e. The van der Waals surface area contributed by atoms with E-state index in [9.17, 15) is 13.2 Å². The van der Waals surface area contributed by atoms with Gasteiger partial charge in [-0.3, -0.25) is 4.79 Å². The van der Waals surface area contributed by atoms with Gasteiger partial charge in [0.1, 0.15) is 0 Å². The maximum absolute atomic E-state index is 12.1. The number of anilines is 1.